The Hall–Kier alpha value is -0.620. The fourth-order valence-corrected chi connectivity index (χ4v) is 3.61. The molecule has 0 fully saturated rings. The molecule has 5 heteroatoms. The highest BCUT2D eigenvalue weighted by Crippen LogP contribution is 2.29. The number of ether oxygens (including phenoxy) is 2. The van der Waals surface area contributed by atoms with E-state index in [4.69, 9.17) is 9.47 Å². The first-order valence-corrected chi connectivity index (χ1v) is 7.85. The summed E-state index contributed by atoms with van der Waals surface area (Å²) >= 11 is 3.41. The molecule has 2 rings (SSSR count). The Morgan fingerprint density at radius 1 is 1.22 bits per heavy atom. The first kappa shape index (κ1) is 13.8. The minimum Gasteiger partial charge on any atom is -0.352 e. The van der Waals surface area contributed by atoms with Crippen LogP contribution in [0.5, 0.6) is 0 Å². The summed E-state index contributed by atoms with van der Waals surface area (Å²) in [6.45, 7) is 5.30. The van der Waals surface area contributed by atoms with Gasteiger partial charge in [-0.2, -0.15) is 0 Å². The first-order chi connectivity index (χ1) is 8.83. The molecule has 0 N–H and O–H groups in total. The molecule has 0 saturated heterocycles. The topological polar surface area (TPSA) is 31.4 Å². The average molecular weight is 283 g/mol. The highest BCUT2D eigenvalue weighted by atomic mass is 32.2. The fourth-order valence-electron chi connectivity index (χ4n) is 1.57. The number of rotatable bonds is 7. The number of nitrogens with zero attached hydrogens (tertiary/aromatic N) is 1. The summed E-state index contributed by atoms with van der Waals surface area (Å²) in [5, 5.41) is 0. The zero-order chi connectivity index (χ0) is 12.8. The Labute approximate surface area is 116 Å². The minimum atomic E-state index is -0.142. The van der Waals surface area contributed by atoms with E-state index >= 15 is 0 Å². The summed E-state index contributed by atoms with van der Waals surface area (Å²) in [5.74, 6) is 0.779. The predicted molar refractivity (Wildman–Crippen MR) is 77.4 cm³/mol. The van der Waals surface area contributed by atoms with Gasteiger partial charge in [0.05, 0.1) is 16.0 Å². The maximum absolute atomic E-state index is 5.51. The fraction of sp³-hybridized carbons (Fsp3) is 0.462. The van der Waals surface area contributed by atoms with Crippen molar-refractivity contribution in [2.75, 3.05) is 19.0 Å². The van der Waals surface area contributed by atoms with Gasteiger partial charge in [0.2, 0.25) is 0 Å². The van der Waals surface area contributed by atoms with Crippen molar-refractivity contribution in [3.05, 3.63) is 24.3 Å². The number of thiazole rings is 1. The lowest BCUT2D eigenvalue weighted by Gasteiger charge is -2.15. The molecule has 0 aliphatic carbocycles. The Kier molecular flexibility index (Phi) is 5.44. The van der Waals surface area contributed by atoms with Crippen molar-refractivity contribution in [1.29, 1.82) is 0 Å². The molecule has 0 unspecified atom stereocenters. The van der Waals surface area contributed by atoms with Gasteiger partial charge < -0.3 is 9.47 Å². The molecule has 1 aromatic carbocycles. The molecular weight excluding hydrogens is 266 g/mol. The van der Waals surface area contributed by atoms with Crippen LogP contribution in [0.1, 0.15) is 13.8 Å². The van der Waals surface area contributed by atoms with Gasteiger partial charge in [0.1, 0.15) is 0 Å². The molecule has 0 radical (unpaired) electrons. The number of fused-ring (bicyclic) bond motifs is 1. The van der Waals surface area contributed by atoms with Crippen LogP contribution in [0.25, 0.3) is 10.2 Å². The normalized spacial score (nSPS) is 11.5. The van der Waals surface area contributed by atoms with E-state index in [2.05, 4.69) is 11.1 Å². The van der Waals surface area contributed by atoms with Crippen LogP contribution >= 0.6 is 23.1 Å². The van der Waals surface area contributed by atoms with Crippen molar-refractivity contribution in [2.24, 2.45) is 0 Å². The van der Waals surface area contributed by atoms with E-state index in [-0.39, 0.29) is 6.29 Å². The molecule has 98 valence electrons. The molecule has 3 nitrogen and oxygen atoms in total. The van der Waals surface area contributed by atoms with Gasteiger partial charge in [-0.05, 0) is 26.0 Å². The Morgan fingerprint density at radius 2 is 1.94 bits per heavy atom. The lowest BCUT2D eigenvalue weighted by molar-refractivity contribution is -0.120. The van der Waals surface area contributed by atoms with E-state index in [1.54, 1.807) is 23.1 Å². The van der Waals surface area contributed by atoms with E-state index in [0.717, 1.165) is 15.6 Å². The highest BCUT2D eigenvalue weighted by molar-refractivity contribution is 8.01. The number of hydrogen-bond acceptors (Lipinski definition) is 5. The second-order valence-electron chi connectivity index (χ2n) is 3.60. The third-order valence-corrected chi connectivity index (χ3v) is 4.53. The monoisotopic (exact) mass is 283 g/mol. The molecule has 0 amide bonds. The second-order valence-corrected chi connectivity index (χ2v) is 5.90. The number of hydrogen-bond donors (Lipinski definition) is 0. The highest BCUT2D eigenvalue weighted by Gasteiger charge is 2.11. The molecule has 0 aliphatic heterocycles. The molecule has 0 atom stereocenters. The van der Waals surface area contributed by atoms with Crippen LogP contribution in [-0.4, -0.2) is 30.2 Å². The van der Waals surface area contributed by atoms with Crippen LogP contribution in [0.15, 0.2) is 28.6 Å². The molecule has 2 aromatic rings. The lowest BCUT2D eigenvalue weighted by Crippen LogP contribution is -2.19. The predicted octanol–water partition coefficient (Wildman–Crippen LogP) is 3.79. The van der Waals surface area contributed by atoms with Gasteiger partial charge in [0.25, 0.3) is 0 Å². The molecule has 0 aliphatic rings. The van der Waals surface area contributed by atoms with Gasteiger partial charge in [-0.25, -0.2) is 4.98 Å². The van der Waals surface area contributed by atoms with Crippen LogP contribution in [0.4, 0.5) is 0 Å². The summed E-state index contributed by atoms with van der Waals surface area (Å²) in [6, 6.07) is 8.19. The van der Waals surface area contributed by atoms with Crippen molar-refractivity contribution in [1.82, 2.24) is 4.98 Å². The Morgan fingerprint density at radius 3 is 2.61 bits per heavy atom. The largest absolute Gasteiger partial charge is 0.352 e. The van der Waals surface area contributed by atoms with Gasteiger partial charge in [-0.1, -0.05) is 23.9 Å². The maximum atomic E-state index is 5.51. The van der Waals surface area contributed by atoms with Crippen molar-refractivity contribution in [3.63, 3.8) is 0 Å². The van der Waals surface area contributed by atoms with E-state index in [9.17, 15) is 0 Å². The molecule has 18 heavy (non-hydrogen) atoms. The van der Waals surface area contributed by atoms with Gasteiger partial charge in [0.15, 0.2) is 10.6 Å². The van der Waals surface area contributed by atoms with Crippen LogP contribution in [0.3, 0.4) is 0 Å². The summed E-state index contributed by atoms with van der Waals surface area (Å²) < 4.78 is 13.3. The summed E-state index contributed by atoms with van der Waals surface area (Å²) in [6.07, 6.45) is -0.142. The summed E-state index contributed by atoms with van der Waals surface area (Å²) in [7, 11) is 0. The number of thioether (sulfide) groups is 1. The number of para-hydroxylation sites is 1. The molecule has 0 bridgehead atoms. The van der Waals surface area contributed by atoms with E-state index in [0.29, 0.717) is 13.2 Å². The van der Waals surface area contributed by atoms with Gasteiger partial charge in [-0.3, -0.25) is 0 Å². The van der Waals surface area contributed by atoms with Crippen molar-refractivity contribution in [3.8, 4) is 0 Å². The third-order valence-electron chi connectivity index (χ3n) is 2.32. The zero-order valence-corrected chi connectivity index (χ0v) is 12.2. The van der Waals surface area contributed by atoms with E-state index in [1.807, 2.05) is 32.0 Å². The lowest BCUT2D eigenvalue weighted by atomic mass is 10.3. The maximum Gasteiger partial charge on any atom is 0.166 e. The SMILES string of the molecule is CCOC(CSc1nc2ccccc2s1)OCC. The molecule has 0 saturated carbocycles. The van der Waals surface area contributed by atoms with E-state index in [1.165, 1.54) is 4.70 Å². The Balaban J connectivity index is 1.95. The quantitative estimate of drug-likeness (QED) is 0.571. The second kappa shape index (κ2) is 7.09. The zero-order valence-electron chi connectivity index (χ0n) is 10.6. The van der Waals surface area contributed by atoms with Crippen LogP contribution in [0, 0.1) is 0 Å². The van der Waals surface area contributed by atoms with Gasteiger partial charge >= 0.3 is 0 Å². The Bertz CT molecular complexity index is 448. The standard InChI is InChI=1S/C13H17NO2S2/c1-3-15-12(16-4-2)9-17-13-14-10-7-5-6-8-11(10)18-13/h5-8,12H,3-4,9H2,1-2H3. The molecule has 0 spiro atoms. The average Bonchev–Trinajstić information content (AvgIpc) is 2.79. The van der Waals surface area contributed by atoms with Crippen molar-refractivity contribution >= 4 is 33.3 Å². The van der Waals surface area contributed by atoms with Gasteiger partial charge in [0, 0.05) is 13.2 Å². The first-order valence-electron chi connectivity index (χ1n) is 6.05. The molecule has 1 aromatic heterocycles. The molecule has 1 heterocycles. The minimum absolute atomic E-state index is 0.142. The molecular formula is C13H17NO2S2. The van der Waals surface area contributed by atoms with Crippen molar-refractivity contribution in [2.45, 2.75) is 24.5 Å². The number of aromatic nitrogens is 1. The third kappa shape index (κ3) is 3.68. The van der Waals surface area contributed by atoms with Crippen LogP contribution in [0.2, 0.25) is 0 Å². The number of benzene rings is 1. The summed E-state index contributed by atoms with van der Waals surface area (Å²) in [4.78, 5) is 4.58. The van der Waals surface area contributed by atoms with Crippen LogP contribution in [-0.2, 0) is 9.47 Å². The van der Waals surface area contributed by atoms with E-state index < -0.39 is 0 Å². The van der Waals surface area contributed by atoms with Crippen LogP contribution < -0.4 is 0 Å². The van der Waals surface area contributed by atoms with Crippen molar-refractivity contribution < 1.29 is 9.47 Å². The van der Waals surface area contributed by atoms with Gasteiger partial charge in [-0.15, -0.1) is 11.3 Å². The summed E-state index contributed by atoms with van der Waals surface area (Å²) in [5.41, 5.74) is 1.06. The smallest absolute Gasteiger partial charge is 0.166 e.